The van der Waals surface area contributed by atoms with Crippen LogP contribution in [0.2, 0.25) is 0 Å². The van der Waals surface area contributed by atoms with Gasteiger partial charge in [0.25, 0.3) is 11.8 Å². The number of benzene rings is 1. The number of amides is 3. The van der Waals surface area contributed by atoms with Gasteiger partial charge in [0.2, 0.25) is 11.7 Å². The van der Waals surface area contributed by atoms with Gasteiger partial charge in [0, 0.05) is 71.0 Å². The van der Waals surface area contributed by atoms with Crippen molar-refractivity contribution in [2.24, 2.45) is 26.1 Å². The fraction of sp³-hybridized carbons (Fsp3) is 0.343. The number of nitrogens with one attached hydrogen (secondary N) is 2. The van der Waals surface area contributed by atoms with Crippen LogP contribution in [-0.4, -0.2) is 92.9 Å². The van der Waals surface area contributed by atoms with Crippen LogP contribution in [0.15, 0.2) is 47.8 Å². The Morgan fingerprint density at radius 1 is 0.904 bits per heavy atom. The van der Waals surface area contributed by atoms with Gasteiger partial charge in [-0.3, -0.25) is 19.4 Å². The number of aryl methyl sites for hydroxylation is 3. The van der Waals surface area contributed by atoms with Crippen LogP contribution in [0.1, 0.15) is 67.6 Å². The molecule has 272 valence electrons. The summed E-state index contributed by atoms with van der Waals surface area (Å²) in [5, 5.41) is 5.39. The van der Waals surface area contributed by atoms with Crippen molar-refractivity contribution in [2.45, 2.75) is 31.7 Å². The van der Waals surface area contributed by atoms with Gasteiger partial charge in [-0.15, -0.1) is 0 Å². The topological polar surface area (TPSA) is 190 Å². The lowest BCUT2D eigenvalue weighted by Gasteiger charge is -2.20. The number of hydrogen-bond donors (Lipinski definition) is 2. The maximum absolute atomic E-state index is 13.1. The summed E-state index contributed by atoms with van der Waals surface area (Å²) in [4.78, 5) is 74.3. The van der Waals surface area contributed by atoms with Gasteiger partial charge in [-0.1, -0.05) is 0 Å². The van der Waals surface area contributed by atoms with E-state index >= 15 is 0 Å². The Balaban J connectivity index is 1.00. The molecule has 0 spiro atoms. The van der Waals surface area contributed by atoms with Crippen LogP contribution >= 0.6 is 0 Å². The number of esters is 2. The van der Waals surface area contributed by atoms with Gasteiger partial charge in [-0.2, -0.15) is 0 Å². The van der Waals surface area contributed by atoms with Gasteiger partial charge in [-0.05, 0) is 31.4 Å². The van der Waals surface area contributed by atoms with Crippen LogP contribution in [0.5, 0.6) is 17.2 Å². The smallest absolute Gasteiger partial charge is 0.360 e. The van der Waals surface area contributed by atoms with Gasteiger partial charge in [0.05, 0.1) is 43.8 Å². The standard InChI is InChI=1S/C35H38N8O9/c1-40-17-20(12-25(40)35(48)52-22-13-26(34(47)50-5)41(2)18-22)37-32(45)31-39-29(19-42(31)3)38-30(44)9-7-11-51-28-15-24-23(14-27(28)49-4)33(46)43-10-6-8-21(43)16-36-24/h12-19,21H,6-11H2,1-5H3,(H,37,45)(H,38,44)/t21-/m0/s1. The number of hydrogen-bond acceptors (Lipinski definition) is 11. The highest BCUT2D eigenvalue weighted by Gasteiger charge is 2.32. The first-order chi connectivity index (χ1) is 24.9. The molecule has 1 saturated heterocycles. The van der Waals surface area contributed by atoms with E-state index < -0.39 is 17.8 Å². The quantitative estimate of drug-likeness (QED) is 0.162. The molecule has 1 atom stereocenters. The van der Waals surface area contributed by atoms with Gasteiger partial charge in [0.1, 0.15) is 17.1 Å². The molecule has 3 amide bonds. The van der Waals surface area contributed by atoms with Crippen molar-refractivity contribution in [1.82, 2.24) is 23.6 Å². The van der Waals surface area contributed by atoms with E-state index in [0.717, 1.165) is 12.8 Å². The molecular weight excluding hydrogens is 676 g/mol. The zero-order valence-electron chi connectivity index (χ0n) is 29.3. The minimum atomic E-state index is -0.708. The number of carbonyl (C=O) groups excluding carboxylic acids is 5. The van der Waals surface area contributed by atoms with Crippen molar-refractivity contribution in [3.05, 3.63) is 65.6 Å². The maximum atomic E-state index is 13.1. The molecule has 4 aromatic rings. The highest BCUT2D eigenvalue weighted by atomic mass is 16.5. The molecule has 5 heterocycles. The first-order valence-corrected chi connectivity index (χ1v) is 16.4. The van der Waals surface area contributed by atoms with E-state index in [1.807, 2.05) is 4.90 Å². The van der Waals surface area contributed by atoms with Gasteiger partial charge in [0.15, 0.2) is 17.3 Å². The van der Waals surface area contributed by atoms with Crippen LogP contribution in [0.25, 0.3) is 0 Å². The number of fused-ring (bicyclic) bond motifs is 2. The Morgan fingerprint density at radius 2 is 1.67 bits per heavy atom. The fourth-order valence-electron chi connectivity index (χ4n) is 6.06. The second-order valence-electron chi connectivity index (χ2n) is 12.3. The van der Waals surface area contributed by atoms with E-state index in [9.17, 15) is 24.0 Å². The molecule has 0 radical (unpaired) electrons. The lowest BCUT2D eigenvalue weighted by atomic mass is 10.1. The summed E-state index contributed by atoms with van der Waals surface area (Å²) in [5.41, 5.74) is 1.63. The van der Waals surface area contributed by atoms with E-state index in [1.165, 1.54) is 58.6 Å². The first-order valence-electron chi connectivity index (χ1n) is 16.4. The summed E-state index contributed by atoms with van der Waals surface area (Å²) in [7, 11) is 7.58. The highest BCUT2D eigenvalue weighted by Crippen LogP contribution is 2.38. The molecule has 6 rings (SSSR count). The molecule has 2 aliphatic heterocycles. The van der Waals surface area contributed by atoms with E-state index in [-0.39, 0.29) is 59.7 Å². The van der Waals surface area contributed by atoms with Crippen molar-refractivity contribution in [3.8, 4) is 17.2 Å². The number of aliphatic imine (C=N–C) groups is 1. The van der Waals surface area contributed by atoms with Crippen LogP contribution in [0.3, 0.4) is 0 Å². The Labute approximate surface area is 298 Å². The SMILES string of the molecule is COC(=O)c1cc(OC(=O)c2cc(NC(=O)c3nc(NC(=O)CCCOc4cc5c(cc4OC)C(=O)N4CCC[C@H]4C=N5)cn3C)cn2C)cn1C. The van der Waals surface area contributed by atoms with Crippen molar-refractivity contribution >= 4 is 53.1 Å². The molecule has 52 heavy (non-hydrogen) atoms. The van der Waals surface area contributed by atoms with Crippen molar-refractivity contribution in [2.75, 3.05) is 38.0 Å². The molecule has 17 nitrogen and oxygen atoms in total. The van der Waals surface area contributed by atoms with Crippen molar-refractivity contribution in [3.63, 3.8) is 0 Å². The van der Waals surface area contributed by atoms with Crippen molar-refractivity contribution < 1.29 is 42.9 Å². The van der Waals surface area contributed by atoms with E-state index in [1.54, 1.807) is 39.5 Å². The number of ether oxygens (including phenoxy) is 4. The van der Waals surface area contributed by atoms with Gasteiger partial charge < -0.3 is 48.2 Å². The van der Waals surface area contributed by atoms with Crippen LogP contribution in [-0.2, 0) is 30.7 Å². The summed E-state index contributed by atoms with van der Waals surface area (Å²) in [6, 6.07) is 6.14. The Kier molecular flexibility index (Phi) is 10.1. The molecule has 0 aliphatic carbocycles. The lowest BCUT2D eigenvalue weighted by molar-refractivity contribution is -0.116. The average molecular weight is 715 g/mol. The van der Waals surface area contributed by atoms with E-state index in [2.05, 4.69) is 20.6 Å². The number of rotatable bonds is 12. The number of carbonyl (C=O) groups is 5. The third-order valence-corrected chi connectivity index (χ3v) is 8.67. The van der Waals surface area contributed by atoms with Gasteiger partial charge in [-0.25, -0.2) is 14.6 Å². The number of methoxy groups -OCH3 is 2. The molecule has 17 heteroatoms. The van der Waals surface area contributed by atoms with Crippen LogP contribution in [0, 0.1) is 0 Å². The van der Waals surface area contributed by atoms with E-state index in [0.29, 0.717) is 41.4 Å². The van der Waals surface area contributed by atoms with E-state index in [4.69, 9.17) is 18.9 Å². The number of anilines is 2. The van der Waals surface area contributed by atoms with Crippen molar-refractivity contribution in [1.29, 1.82) is 0 Å². The zero-order valence-corrected chi connectivity index (χ0v) is 29.3. The maximum Gasteiger partial charge on any atom is 0.360 e. The van der Waals surface area contributed by atoms with Gasteiger partial charge >= 0.3 is 11.9 Å². The summed E-state index contributed by atoms with van der Waals surface area (Å²) in [6.45, 7) is 0.885. The Bertz CT molecular complexity index is 2090. The highest BCUT2D eigenvalue weighted by molar-refractivity contribution is 6.04. The second-order valence-corrected chi connectivity index (χ2v) is 12.3. The first kappa shape index (κ1) is 35.4. The predicted molar refractivity (Wildman–Crippen MR) is 187 cm³/mol. The zero-order chi connectivity index (χ0) is 37.1. The summed E-state index contributed by atoms with van der Waals surface area (Å²) >= 11 is 0. The lowest BCUT2D eigenvalue weighted by Crippen LogP contribution is -2.35. The Morgan fingerprint density at radius 3 is 2.44 bits per heavy atom. The predicted octanol–water partition coefficient (Wildman–Crippen LogP) is 3.48. The largest absolute Gasteiger partial charge is 0.493 e. The molecule has 1 fully saturated rings. The normalized spacial score (nSPS) is 14.7. The molecule has 2 N–H and O–H groups in total. The third kappa shape index (κ3) is 7.38. The molecule has 0 bridgehead atoms. The Hall–Kier alpha value is -6.39. The average Bonchev–Trinajstić information content (AvgIpc) is 3.90. The summed E-state index contributed by atoms with van der Waals surface area (Å²) < 4.78 is 26.0. The molecule has 0 saturated carbocycles. The number of aromatic nitrogens is 4. The summed E-state index contributed by atoms with van der Waals surface area (Å²) in [5.74, 6) is -1.11. The van der Waals surface area contributed by atoms with Crippen LogP contribution in [0.4, 0.5) is 17.2 Å². The minimum absolute atomic E-state index is 0.0132. The monoisotopic (exact) mass is 714 g/mol. The van der Waals surface area contributed by atoms with Crippen LogP contribution < -0.4 is 24.8 Å². The fourth-order valence-corrected chi connectivity index (χ4v) is 6.06. The number of nitrogens with zero attached hydrogens (tertiary/aromatic N) is 6. The molecule has 2 aliphatic rings. The molecular formula is C35H38N8O9. The summed E-state index contributed by atoms with van der Waals surface area (Å²) in [6.07, 6.45) is 8.60. The second kappa shape index (κ2) is 14.8. The minimum Gasteiger partial charge on any atom is -0.493 e. The number of imidazole rings is 1. The third-order valence-electron chi connectivity index (χ3n) is 8.67. The molecule has 0 unspecified atom stereocenters. The molecule has 3 aromatic heterocycles. The molecule has 1 aromatic carbocycles.